The van der Waals surface area contributed by atoms with Gasteiger partial charge in [0.05, 0.1) is 0 Å². The molecule has 0 saturated heterocycles. The van der Waals surface area contributed by atoms with E-state index < -0.39 is 5.97 Å². The van der Waals surface area contributed by atoms with E-state index in [1.165, 1.54) is 12.3 Å². The van der Waals surface area contributed by atoms with E-state index in [1.54, 1.807) is 0 Å². The third-order valence-corrected chi connectivity index (χ3v) is 2.19. The summed E-state index contributed by atoms with van der Waals surface area (Å²) in [5.74, 6) is -0.659. The zero-order chi connectivity index (χ0) is 11.3. The van der Waals surface area contributed by atoms with Crippen LogP contribution in [0.4, 0.5) is 5.95 Å². The lowest BCUT2D eigenvalue weighted by Gasteiger charge is -2.14. The van der Waals surface area contributed by atoms with E-state index in [9.17, 15) is 4.79 Å². The molecule has 5 heteroatoms. The second-order valence-electron chi connectivity index (χ2n) is 3.23. The predicted octanol–water partition coefficient (Wildman–Crippen LogP) is 1.78. The molecule has 0 aromatic carbocycles. The molecule has 0 aliphatic carbocycles. The molecule has 5 nitrogen and oxygen atoms in total. The van der Waals surface area contributed by atoms with Crippen LogP contribution in [0.1, 0.15) is 37.2 Å². The van der Waals surface area contributed by atoms with Crippen LogP contribution in [-0.4, -0.2) is 27.1 Å². The summed E-state index contributed by atoms with van der Waals surface area (Å²) in [5, 5.41) is 11.8. The first-order valence-electron chi connectivity index (χ1n) is 5.00. The number of carboxylic acid groups (broad SMARTS) is 1. The molecule has 0 amide bonds. The van der Waals surface area contributed by atoms with Crippen molar-refractivity contribution in [1.82, 2.24) is 9.97 Å². The summed E-state index contributed by atoms with van der Waals surface area (Å²) in [6, 6.07) is 1.66. The van der Waals surface area contributed by atoms with Gasteiger partial charge < -0.3 is 10.4 Å². The molecule has 0 aliphatic rings. The van der Waals surface area contributed by atoms with E-state index >= 15 is 0 Å². The highest BCUT2D eigenvalue weighted by Gasteiger charge is 2.08. The number of hydrogen-bond acceptors (Lipinski definition) is 4. The Labute approximate surface area is 88.6 Å². The number of anilines is 1. The standard InChI is InChI=1S/C10H15N3O2/c1-3-7(4-2)12-10-11-6-5-8(13-10)9(14)15/h5-7H,3-4H2,1-2H3,(H,14,15)(H,11,12,13). The highest BCUT2D eigenvalue weighted by molar-refractivity contribution is 5.85. The van der Waals surface area contributed by atoms with Gasteiger partial charge in [0.2, 0.25) is 5.95 Å². The highest BCUT2D eigenvalue weighted by atomic mass is 16.4. The third-order valence-electron chi connectivity index (χ3n) is 2.19. The number of carboxylic acids is 1. The molecule has 0 aliphatic heterocycles. The molecule has 0 spiro atoms. The molecule has 1 aromatic heterocycles. The molecule has 15 heavy (non-hydrogen) atoms. The van der Waals surface area contributed by atoms with Crippen LogP contribution in [0.25, 0.3) is 0 Å². The molecule has 0 unspecified atom stereocenters. The van der Waals surface area contributed by atoms with Crippen molar-refractivity contribution < 1.29 is 9.90 Å². The molecule has 0 radical (unpaired) electrons. The summed E-state index contributed by atoms with van der Waals surface area (Å²) >= 11 is 0. The van der Waals surface area contributed by atoms with Gasteiger partial charge >= 0.3 is 5.97 Å². The average Bonchev–Trinajstić information content (AvgIpc) is 2.26. The van der Waals surface area contributed by atoms with Gasteiger partial charge in [-0.25, -0.2) is 14.8 Å². The fraction of sp³-hybridized carbons (Fsp3) is 0.500. The van der Waals surface area contributed by atoms with Crippen LogP contribution in [0.3, 0.4) is 0 Å². The molecule has 1 aromatic rings. The Morgan fingerprint density at radius 2 is 2.20 bits per heavy atom. The predicted molar refractivity (Wildman–Crippen MR) is 57.0 cm³/mol. The quantitative estimate of drug-likeness (QED) is 0.773. The van der Waals surface area contributed by atoms with Crippen molar-refractivity contribution in [3.63, 3.8) is 0 Å². The van der Waals surface area contributed by atoms with Gasteiger partial charge in [0.1, 0.15) is 0 Å². The minimum absolute atomic E-state index is 0.0125. The van der Waals surface area contributed by atoms with Crippen LogP contribution >= 0.6 is 0 Å². The average molecular weight is 209 g/mol. The molecular formula is C10H15N3O2. The SMILES string of the molecule is CCC(CC)Nc1nccc(C(=O)O)n1. The van der Waals surface area contributed by atoms with E-state index in [4.69, 9.17) is 5.11 Å². The van der Waals surface area contributed by atoms with Gasteiger partial charge in [0, 0.05) is 12.2 Å². The minimum atomic E-state index is -1.04. The van der Waals surface area contributed by atoms with Gasteiger partial charge in [-0.1, -0.05) is 13.8 Å². The number of carbonyl (C=O) groups is 1. The Morgan fingerprint density at radius 1 is 1.53 bits per heavy atom. The van der Waals surface area contributed by atoms with Crippen molar-refractivity contribution in [3.8, 4) is 0 Å². The fourth-order valence-electron chi connectivity index (χ4n) is 1.22. The van der Waals surface area contributed by atoms with Crippen molar-refractivity contribution in [2.24, 2.45) is 0 Å². The Morgan fingerprint density at radius 3 is 2.73 bits per heavy atom. The maximum atomic E-state index is 10.7. The fourth-order valence-corrected chi connectivity index (χ4v) is 1.22. The highest BCUT2D eigenvalue weighted by Crippen LogP contribution is 2.06. The summed E-state index contributed by atoms with van der Waals surface area (Å²) in [7, 11) is 0. The monoisotopic (exact) mass is 209 g/mol. The Balaban J connectivity index is 2.77. The van der Waals surface area contributed by atoms with Gasteiger partial charge in [-0.05, 0) is 18.9 Å². The lowest BCUT2D eigenvalue weighted by Crippen LogP contribution is -2.19. The van der Waals surface area contributed by atoms with Crippen LogP contribution in [0.2, 0.25) is 0 Å². The van der Waals surface area contributed by atoms with Crippen molar-refractivity contribution in [2.45, 2.75) is 32.7 Å². The second-order valence-corrected chi connectivity index (χ2v) is 3.23. The molecule has 0 saturated carbocycles. The lowest BCUT2D eigenvalue weighted by molar-refractivity contribution is 0.0690. The van der Waals surface area contributed by atoms with Gasteiger partial charge in [-0.15, -0.1) is 0 Å². The van der Waals surface area contributed by atoms with E-state index in [1.807, 2.05) is 0 Å². The Hall–Kier alpha value is -1.65. The van der Waals surface area contributed by atoms with E-state index in [0.717, 1.165) is 12.8 Å². The third kappa shape index (κ3) is 3.19. The minimum Gasteiger partial charge on any atom is -0.477 e. The molecule has 0 fully saturated rings. The number of rotatable bonds is 5. The molecule has 82 valence electrons. The Bertz CT molecular complexity index is 337. The Kier molecular flexibility index (Phi) is 4.03. The first-order valence-corrected chi connectivity index (χ1v) is 5.00. The second kappa shape index (κ2) is 5.29. The number of hydrogen-bond donors (Lipinski definition) is 2. The van der Waals surface area contributed by atoms with E-state index in [2.05, 4.69) is 29.1 Å². The smallest absolute Gasteiger partial charge is 0.354 e. The number of aromatic nitrogens is 2. The largest absolute Gasteiger partial charge is 0.477 e. The summed E-state index contributed by atoms with van der Waals surface area (Å²) in [6.07, 6.45) is 3.36. The van der Waals surface area contributed by atoms with Gasteiger partial charge in [0.25, 0.3) is 0 Å². The summed E-state index contributed by atoms with van der Waals surface area (Å²) in [6.45, 7) is 4.12. The number of nitrogens with one attached hydrogen (secondary N) is 1. The molecule has 0 bridgehead atoms. The maximum absolute atomic E-state index is 10.7. The molecule has 1 heterocycles. The van der Waals surface area contributed by atoms with Crippen LogP contribution in [-0.2, 0) is 0 Å². The van der Waals surface area contributed by atoms with Crippen LogP contribution in [0.5, 0.6) is 0 Å². The molecular weight excluding hydrogens is 194 g/mol. The molecule has 1 rings (SSSR count). The van der Waals surface area contributed by atoms with Crippen LogP contribution in [0, 0.1) is 0 Å². The van der Waals surface area contributed by atoms with Crippen molar-refractivity contribution in [1.29, 1.82) is 0 Å². The van der Waals surface area contributed by atoms with E-state index in [-0.39, 0.29) is 11.7 Å². The van der Waals surface area contributed by atoms with E-state index in [0.29, 0.717) is 5.95 Å². The maximum Gasteiger partial charge on any atom is 0.354 e. The normalized spacial score (nSPS) is 10.3. The van der Waals surface area contributed by atoms with Crippen LogP contribution < -0.4 is 5.32 Å². The van der Waals surface area contributed by atoms with Crippen molar-refractivity contribution in [3.05, 3.63) is 18.0 Å². The van der Waals surface area contributed by atoms with Gasteiger partial charge in [0.15, 0.2) is 5.69 Å². The van der Waals surface area contributed by atoms with Gasteiger partial charge in [-0.3, -0.25) is 0 Å². The zero-order valence-electron chi connectivity index (χ0n) is 8.90. The summed E-state index contributed by atoms with van der Waals surface area (Å²) in [5.41, 5.74) is 0.0125. The molecule has 2 N–H and O–H groups in total. The summed E-state index contributed by atoms with van der Waals surface area (Å²) in [4.78, 5) is 18.5. The van der Waals surface area contributed by atoms with Crippen molar-refractivity contribution in [2.75, 3.05) is 5.32 Å². The first kappa shape index (κ1) is 11.4. The van der Waals surface area contributed by atoms with Crippen LogP contribution in [0.15, 0.2) is 12.3 Å². The summed E-state index contributed by atoms with van der Waals surface area (Å²) < 4.78 is 0. The molecule has 0 atom stereocenters. The number of nitrogens with zero attached hydrogens (tertiary/aromatic N) is 2. The van der Waals surface area contributed by atoms with Gasteiger partial charge in [-0.2, -0.15) is 0 Å². The lowest BCUT2D eigenvalue weighted by atomic mass is 10.2. The number of aromatic carboxylic acids is 1. The van der Waals surface area contributed by atoms with Crippen molar-refractivity contribution >= 4 is 11.9 Å². The first-order chi connectivity index (χ1) is 7.17. The topological polar surface area (TPSA) is 75.1 Å². The zero-order valence-corrected chi connectivity index (χ0v) is 8.90.